The molecular formula is C29H26F3N5O5. The van der Waals surface area contributed by atoms with Crippen molar-refractivity contribution in [3.8, 4) is 11.4 Å². The largest absolute Gasteiger partial charge is 0.444 e. The summed E-state index contributed by atoms with van der Waals surface area (Å²) < 4.78 is 46.4. The van der Waals surface area contributed by atoms with E-state index in [4.69, 9.17) is 4.74 Å². The minimum absolute atomic E-state index is 0.0255. The van der Waals surface area contributed by atoms with Gasteiger partial charge in [0.25, 0.3) is 5.56 Å². The Balaban J connectivity index is 1.58. The van der Waals surface area contributed by atoms with Crippen molar-refractivity contribution in [3.05, 3.63) is 113 Å². The van der Waals surface area contributed by atoms with Crippen molar-refractivity contribution in [1.29, 1.82) is 0 Å². The van der Waals surface area contributed by atoms with Gasteiger partial charge in [-0.3, -0.25) is 24.5 Å². The van der Waals surface area contributed by atoms with E-state index in [0.29, 0.717) is 16.7 Å². The van der Waals surface area contributed by atoms with Crippen LogP contribution in [0.2, 0.25) is 0 Å². The fraction of sp³-hybridized carbons (Fsp3) is 0.207. The van der Waals surface area contributed by atoms with Crippen LogP contribution >= 0.6 is 0 Å². The Bertz CT molecular complexity index is 1550. The summed E-state index contributed by atoms with van der Waals surface area (Å²) in [6, 6.07) is 18.2. The molecule has 3 N–H and O–H groups in total. The van der Waals surface area contributed by atoms with Gasteiger partial charge in [0.1, 0.15) is 24.7 Å². The van der Waals surface area contributed by atoms with Gasteiger partial charge in [-0.15, -0.1) is 0 Å². The smallest absolute Gasteiger partial charge is 0.416 e. The first-order chi connectivity index (χ1) is 20.1. The third-order valence-corrected chi connectivity index (χ3v) is 6.08. The number of rotatable bonds is 10. The molecule has 42 heavy (non-hydrogen) atoms. The topological polar surface area (TPSA) is 135 Å². The number of hydrogen-bond acceptors (Lipinski definition) is 7. The molecule has 0 bridgehead atoms. The van der Waals surface area contributed by atoms with Gasteiger partial charge in [-0.1, -0.05) is 60.7 Å². The van der Waals surface area contributed by atoms with E-state index >= 15 is 0 Å². The fourth-order valence-electron chi connectivity index (χ4n) is 4.05. The number of carbonyl (C=O) groups excluding carboxylic acids is 2. The average molecular weight is 582 g/mol. The first kappa shape index (κ1) is 29.9. The highest BCUT2D eigenvalue weighted by molar-refractivity contribution is 5.84. The van der Waals surface area contributed by atoms with Gasteiger partial charge in [-0.05, 0) is 29.7 Å². The van der Waals surface area contributed by atoms with Crippen LogP contribution in [0.15, 0.2) is 96.2 Å². The molecule has 0 aliphatic heterocycles. The summed E-state index contributed by atoms with van der Waals surface area (Å²) in [4.78, 5) is 47.0. The number of alkyl halides is 3. The molecule has 0 radical (unpaired) electrons. The van der Waals surface area contributed by atoms with Crippen molar-refractivity contribution in [2.45, 2.75) is 37.9 Å². The number of amides is 2. The Hall–Kier alpha value is -5.04. The SMILES string of the molecule is O=C(Cn1c(-c2cccnc2)ncc(NC(=O)OCc2ccccc2)c1=O)NC(Cc1ccccc1)C(O)C(F)(F)F. The normalized spacial score (nSPS) is 12.7. The summed E-state index contributed by atoms with van der Waals surface area (Å²) in [5.74, 6) is -1.03. The zero-order valence-electron chi connectivity index (χ0n) is 22.0. The van der Waals surface area contributed by atoms with E-state index in [1.807, 2.05) is 0 Å². The van der Waals surface area contributed by atoms with Gasteiger partial charge in [0.05, 0.1) is 12.2 Å². The Kier molecular flexibility index (Phi) is 9.65. The summed E-state index contributed by atoms with van der Waals surface area (Å²) in [5.41, 5.74) is 0.284. The number of ether oxygens (including phenoxy) is 1. The number of nitrogens with one attached hydrogen (secondary N) is 2. The van der Waals surface area contributed by atoms with Crippen molar-refractivity contribution in [2.75, 3.05) is 5.32 Å². The number of halogens is 3. The number of benzene rings is 2. The Morgan fingerprint density at radius 1 is 0.952 bits per heavy atom. The van der Waals surface area contributed by atoms with Crippen LogP contribution in [-0.2, 0) is 29.1 Å². The molecule has 0 aliphatic rings. The molecule has 0 spiro atoms. The molecule has 2 atom stereocenters. The average Bonchev–Trinajstić information content (AvgIpc) is 2.98. The maximum atomic E-state index is 13.4. The van der Waals surface area contributed by atoms with Crippen LogP contribution in [0.1, 0.15) is 11.1 Å². The van der Waals surface area contributed by atoms with Gasteiger partial charge in [-0.2, -0.15) is 13.2 Å². The van der Waals surface area contributed by atoms with Crippen molar-refractivity contribution in [1.82, 2.24) is 19.9 Å². The lowest BCUT2D eigenvalue weighted by Gasteiger charge is -2.26. The Morgan fingerprint density at radius 2 is 1.62 bits per heavy atom. The summed E-state index contributed by atoms with van der Waals surface area (Å²) in [7, 11) is 0. The molecular weight excluding hydrogens is 555 g/mol. The van der Waals surface area contributed by atoms with Crippen LogP contribution in [0.25, 0.3) is 11.4 Å². The number of aliphatic hydroxyl groups is 1. The molecule has 2 amide bonds. The molecule has 13 heteroatoms. The minimum atomic E-state index is -5.02. The molecule has 218 valence electrons. The molecule has 0 saturated carbocycles. The number of pyridine rings is 1. The van der Waals surface area contributed by atoms with Crippen molar-refractivity contribution < 1.29 is 32.6 Å². The summed E-state index contributed by atoms with van der Waals surface area (Å²) in [5, 5.41) is 14.5. The van der Waals surface area contributed by atoms with Gasteiger partial charge in [-0.25, -0.2) is 9.78 Å². The Labute approximate surface area is 237 Å². The number of aliphatic hydroxyl groups excluding tert-OH is 1. The standard InChI is InChI=1S/C29H26F3N5O5/c30-29(31,32)25(39)22(14-19-8-3-1-4-9-19)35-24(38)17-37-26(21-12-7-13-33-15-21)34-16-23(27(37)40)36-28(41)42-18-20-10-5-2-6-11-20/h1-13,15-16,22,25,39H,14,17-18H2,(H,35,38)(H,36,41). The van der Waals surface area contributed by atoms with Gasteiger partial charge >= 0.3 is 12.3 Å². The van der Waals surface area contributed by atoms with Crippen LogP contribution < -0.4 is 16.2 Å². The third-order valence-electron chi connectivity index (χ3n) is 6.08. The number of carbonyl (C=O) groups is 2. The van der Waals surface area contributed by atoms with Crippen LogP contribution in [0.4, 0.5) is 23.7 Å². The molecule has 2 aromatic heterocycles. The molecule has 10 nitrogen and oxygen atoms in total. The summed E-state index contributed by atoms with van der Waals surface area (Å²) in [6.07, 6.45) is -5.25. The maximum Gasteiger partial charge on any atom is 0.416 e. The highest BCUT2D eigenvalue weighted by atomic mass is 19.4. The highest BCUT2D eigenvalue weighted by Gasteiger charge is 2.44. The Morgan fingerprint density at radius 3 is 2.24 bits per heavy atom. The van der Waals surface area contributed by atoms with Gasteiger partial charge < -0.3 is 15.2 Å². The van der Waals surface area contributed by atoms with E-state index in [1.165, 1.54) is 12.4 Å². The number of nitrogens with zero attached hydrogens (tertiary/aromatic N) is 3. The first-order valence-electron chi connectivity index (χ1n) is 12.7. The zero-order chi connectivity index (χ0) is 30.1. The van der Waals surface area contributed by atoms with Gasteiger partial charge in [0.2, 0.25) is 5.91 Å². The van der Waals surface area contributed by atoms with Gasteiger partial charge in [0.15, 0.2) is 6.10 Å². The first-order valence-corrected chi connectivity index (χ1v) is 12.7. The molecule has 2 aromatic carbocycles. The third kappa shape index (κ3) is 8.01. The number of aromatic nitrogens is 3. The van der Waals surface area contributed by atoms with Crippen LogP contribution in [-0.4, -0.2) is 50.0 Å². The number of anilines is 1. The second-order valence-corrected chi connectivity index (χ2v) is 9.17. The van der Waals surface area contributed by atoms with E-state index in [2.05, 4.69) is 20.6 Å². The lowest BCUT2D eigenvalue weighted by atomic mass is 10.0. The fourth-order valence-corrected chi connectivity index (χ4v) is 4.05. The molecule has 4 rings (SSSR count). The predicted octanol–water partition coefficient (Wildman–Crippen LogP) is 3.70. The molecule has 0 fully saturated rings. The number of hydrogen-bond donors (Lipinski definition) is 3. The van der Waals surface area contributed by atoms with E-state index in [-0.39, 0.29) is 24.5 Å². The second kappa shape index (κ2) is 13.5. The van der Waals surface area contributed by atoms with Crippen LogP contribution in [0, 0.1) is 0 Å². The van der Waals surface area contributed by atoms with Crippen molar-refractivity contribution >= 4 is 17.7 Å². The predicted molar refractivity (Wildman–Crippen MR) is 146 cm³/mol. The molecule has 0 saturated heterocycles. The van der Waals surface area contributed by atoms with Crippen LogP contribution in [0.3, 0.4) is 0 Å². The molecule has 2 heterocycles. The maximum absolute atomic E-state index is 13.4. The quantitative estimate of drug-likeness (QED) is 0.260. The molecule has 2 unspecified atom stereocenters. The molecule has 0 aliphatic carbocycles. The lowest BCUT2D eigenvalue weighted by molar-refractivity contribution is -0.212. The monoisotopic (exact) mass is 581 g/mol. The van der Waals surface area contributed by atoms with Crippen molar-refractivity contribution in [2.24, 2.45) is 0 Å². The molecule has 4 aromatic rings. The van der Waals surface area contributed by atoms with Gasteiger partial charge in [0, 0.05) is 18.0 Å². The zero-order valence-corrected chi connectivity index (χ0v) is 22.0. The van der Waals surface area contributed by atoms with Crippen LogP contribution in [0.5, 0.6) is 0 Å². The second-order valence-electron chi connectivity index (χ2n) is 9.17. The van der Waals surface area contributed by atoms with E-state index in [1.54, 1.807) is 72.8 Å². The minimum Gasteiger partial charge on any atom is -0.444 e. The highest BCUT2D eigenvalue weighted by Crippen LogP contribution is 2.24. The lowest BCUT2D eigenvalue weighted by Crippen LogP contribution is -2.52. The van der Waals surface area contributed by atoms with E-state index in [0.717, 1.165) is 10.8 Å². The van der Waals surface area contributed by atoms with E-state index < -0.39 is 42.4 Å². The van der Waals surface area contributed by atoms with Crippen molar-refractivity contribution in [3.63, 3.8) is 0 Å². The summed E-state index contributed by atoms with van der Waals surface area (Å²) in [6.45, 7) is -0.852. The summed E-state index contributed by atoms with van der Waals surface area (Å²) >= 11 is 0. The van der Waals surface area contributed by atoms with E-state index in [9.17, 15) is 32.7 Å².